The highest BCUT2D eigenvalue weighted by Crippen LogP contribution is 2.25. The van der Waals surface area contributed by atoms with Crippen LogP contribution < -0.4 is 10.6 Å². The average Bonchev–Trinajstić information content (AvgIpc) is 2.38. The van der Waals surface area contributed by atoms with E-state index in [0.717, 1.165) is 11.3 Å². The van der Waals surface area contributed by atoms with E-state index in [9.17, 15) is 0 Å². The van der Waals surface area contributed by atoms with Crippen molar-refractivity contribution in [3.63, 3.8) is 0 Å². The molecule has 0 fully saturated rings. The zero-order valence-electron chi connectivity index (χ0n) is 11.0. The Bertz CT molecular complexity index is 641. The SMILES string of the molecule is CN(Cc1cccc(Cl)c1)c1cc(Cl)ccc1C(=N)N. The summed E-state index contributed by atoms with van der Waals surface area (Å²) < 4.78 is 0. The van der Waals surface area contributed by atoms with Crippen molar-refractivity contribution in [2.75, 3.05) is 11.9 Å². The van der Waals surface area contributed by atoms with Crippen LogP contribution in [0.5, 0.6) is 0 Å². The first-order valence-corrected chi connectivity index (χ1v) is 6.82. The summed E-state index contributed by atoms with van der Waals surface area (Å²) in [5.41, 5.74) is 8.18. The van der Waals surface area contributed by atoms with Gasteiger partial charge in [0.1, 0.15) is 5.84 Å². The van der Waals surface area contributed by atoms with Crippen LogP contribution in [0.3, 0.4) is 0 Å². The fraction of sp³-hybridized carbons (Fsp3) is 0.133. The maximum atomic E-state index is 7.64. The molecule has 3 N–H and O–H groups in total. The molecule has 0 aliphatic carbocycles. The molecular formula is C15H15Cl2N3. The van der Waals surface area contributed by atoms with Crippen molar-refractivity contribution >= 4 is 34.7 Å². The number of nitrogens with zero attached hydrogens (tertiary/aromatic N) is 1. The number of benzene rings is 2. The number of nitrogen functional groups attached to an aromatic ring is 1. The monoisotopic (exact) mass is 307 g/mol. The molecule has 20 heavy (non-hydrogen) atoms. The molecule has 0 saturated carbocycles. The summed E-state index contributed by atoms with van der Waals surface area (Å²) in [6.07, 6.45) is 0. The predicted octanol–water partition coefficient (Wildman–Crippen LogP) is 3.91. The highest BCUT2D eigenvalue weighted by molar-refractivity contribution is 6.31. The maximum Gasteiger partial charge on any atom is 0.124 e. The second-order valence-corrected chi connectivity index (χ2v) is 5.43. The summed E-state index contributed by atoms with van der Waals surface area (Å²) in [7, 11) is 1.93. The van der Waals surface area contributed by atoms with E-state index in [1.807, 2.05) is 42.3 Å². The predicted molar refractivity (Wildman–Crippen MR) is 86.0 cm³/mol. The molecule has 2 aromatic rings. The molecule has 0 atom stereocenters. The number of amidine groups is 1. The maximum absolute atomic E-state index is 7.64. The van der Waals surface area contributed by atoms with E-state index < -0.39 is 0 Å². The van der Waals surface area contributed by atoms with Crippen molar-refractivity contribution in [1.29, 1.82) is 5.41 Å². The molecule has 0 unspecified atom stereocenters. The number of nitrogens with two attached hydrogens (primary N) is 1. The third-order valence-corrected chi connectivity index (χ3v) is 3.44. The summed E-state index contributed by atoms with van der Waals surface area (Å²) in [5.74, 6) is 0.0228. The van der Waals surface area contributed by atoms with Crippen LogP contribution >= 0.6 is 23.2 Å². The van der Waals surface area contributed by atoms with Gasteiger partial charge in [-0.15, -0.1) is 0 Å². The Balaban J connectivity index is 2.31. The number of halogens is 2. The van der Waals surface area contributed by atoms with Gasteiger partial charge in [0.2, 0.25) is 0 Å². The van der Waals surface area contributed by atoms with Crippen LogP contribution in [0, 0.1) is 5.41 Å². The summed E-state index contributed by atoms with van der Waals surface area (Å²) >= 11 is 12.0. The van der Waals surface area contributed by atoms with Gasteiger partial charge in [-0.3, -0.25) is 5.41 Å². The van der Waals surface area contributed by atoms with E-state index in [4.69, 9.17) is 34.3 Å². The third kappa shape index (κ3) is 3.44. The van der Waals surface area contributed by atoms with Crippen molar-refractivity contribution < 1.29 is 0 Å². The second-order valence-electron chi connectivity index (χ2n) is 4.56. The largest absolute Gasteiger partial charge is 0.384 e. The first kappa shape index (κ1) is 14.7. The van der Waals surface area contributed by atoms with Crippen LogP contribution in [0.4, 0.5) is 5.69 Å². The molecule has 104 valence electrons. The lowest BCUT2D eigenvalue weighted by Gasteiger charge is -2.22. The zero-order chi connectivity index (χ0) is 14.7. The Morgan fingerprint density at radius 1 is 1.15 bits per heavy atom. The molecule has 0 heterocycles. The van der Waals surface area contributed by atoms with Gasteiger partial charge in [-0.25, -0.2) is 0 Å². The van der Waals surface area contributed by atoms with Crippen molar-refractivity contribution in [3.05, 3.63) is 63.6 Å². The Hall–Kier alpha value is -1.71. The molecule has 0 aliphatic heterocycles. The lowest BCUT2D eigenvalue weighted by atomic mass is 10.1. The highest BCUT2D eigenvalue weighted by Gasteiger charge is 2.11. The third-order valence-electron chi connectivity index (χ3n) is 2.97. The molecule has 2 aromatic carbocycles. The molecule has 0 radical (unpaired) electrons. The van der Waals surface area contributed by atoms with Gasteiger partial charge in [-0.05, 0) is 35.9 Å². The standard InChI is InChI=1S/C15H15Cl2N3/c1-20(9-10-3-2-4-11(16)7-10)14-8-12(17)5-6-13(14)15(18)19/h2-8H,9H2,1H3,(H3,18,19). The number of rotatable bonds is 4. The molecule has 0 amide bonds. The van der Waals surface area contributed by atoms with Crippen LogP contribution in [0.1, 0.15) is 11.1 Å². The molecule has 0 saturated heterocycles. The van der Waals surface area contributed by atoms with Crippen LogP contribution in [0.2, 0.25) is 10.0 Å². The Labute approximate surface area is 128 Å². The van der Waals surface area contributed by atoms with E-state index in [-0.39, 0.29) is 5.84 Å². The molecule has 0 aromatic heterocycles. The quantitative estimate of drug-likeness (QED) is 0.664. The van der Waals surface area contributed by atoms with Gasteiger partial charge < -0.3 is 10.6 Å². The summed E-state index contributed by atoms with van der Waals surface area (Å²) in [5, 5.41) is 8.96. The molecule has 3 nitrogen and oxygen atoms in total. The van der Waals surface area contributed by atoms with Gasteiger partial charge in [0.05, 0.1) is 0 Å². The number of anilines is 1. The number of hydrogen-bond donors (Lipinski definition) is 2. The van der Waals surface area contributed by atoms with Gasteiger partial charge in [0.15, 0.2) is 0 Å². The van der Waals surface area contributed by atoms with Crippen LogP contribution in [-0.2, 0) is 6.54 Å². The van der Waals surface area contributed by atoms with Gasteiger partial charge in [0.25, 0.3) is 0 Å². The van der Waals surface area contributed by atoms with Crippen LogP contribution in [-0.4, -0.2) is 12.9 Å². The van der Waals surface area contributed by atoms with Crippen molar-refractivity contribution in [3.8, 4) is 0 Å². The minimum absolute atomic E-state index is 0.0228. The molecule has 0 bridgehead atoms. The average molecular weight is 308 g/mol. The molecule has 0 aliphatic rings. The van der Waals surface area contributed by atoms with E-state index in [1.54, 1.807) is 12.1 Å². The fourth-order valence-electron chi connectivity index (χ4n) is 2.04. The van der Waals surface area contributed by atoms with E-state index in [2.05, 4.69) is 0 Å². The highest BCUT2D eigenvalue weighted by atomic mass is 35.5. The molecule has 5 heteroatoms. The molecular weight excluding hydrogens is 293 g/mol. The van der Waals surface area contributed by atoms with Gasteiger partial charge in [-0.1, -0.05) is 35.3 Å². The minimum Gasteiger partial charge on any atom is -0.384 e. The van der Waals surface area contributed by atoms with E-state index in [1.165, 1.54) is 0 Å². The Morgan fingerprint density at radius 2 is 1.85 bits per heavy atom. The van der Waals surface area contributed by atoms with E-state index in [0.29, 0.717) is 22.2 Å². The zero-order valence-corrected chi connectivity index (χ0v) is 12.5. The summed E-state index contributed by atoms with van der Waals surface area (Å²) in [4.78, 5) is 1.99. The lowest BCUT2D eigenvalue weighted by molar-refractivity contribution is 0.921. The number of nitrogens with one attached hydrogen (secondary N) is 1. The Kier molecular flexibility index (Phi) is 4.53. The van der Waals surface area contributed by atoms with Gasteiger partial charge in [0, 0.05) is 34.9 Å². The van der Waals surface area contributed by atoms with Crippen molar-refractivity contribution in [2.45, 2.75) is 6.54 Å². The second kappa shape index (κ2) is 6.16. The van der Waals surface area contributed by atoms with Crippen molar-refractivity contribution in [2.24, 2.45) is 5.73 Å². The van der Waals surface area contributed by atoms with Gasteiger partial charge in [-0.2, -0.15) is 0 Å². The van der Waals surface area contributed by atoms with Crippen molar-refractivity contribution in [1.82, 2.24) is 0 Å². The van der Waals surface area contributed by atoms with E-state index >= 15 is 0 Å². The molecule has 2 rings (SSSR count). The smallest absolute Gasteiger partial charge is 0.124 e. The van der Waals surface area contributed by atoms with Gasteiger partial charge >= 0.3 is 0 Å². The lowest BCUT2D eigenvalue weighted by Crippen LogP contribution is -2.22. The first-order chi connectivity index (χ1) is 9.47. The topological polar surface area (TPSA) is 53.1 Å². The normalized spacial score (nSPS) is 10.3. The van der Waals surface area contributed by atoms with Crippen LogP contribution in [0.15, 0.2) is 42.5 Å². The molecule has 0 spiro atoms. The first-order valence-electron chi connectivity index (χ1n) is 6.07. The minimum atomic E-state index is 0.0228. The fourth-order valence-corrected chi connectivity index (χ4v) is 2.42. The van der Waals surface area contributed by atoms with Crippen LogP contribution in [0.25, 0.3) is 0 Å². The summed E-state index contributed by atoms with van der Waals surface area (Å²) in [6, 6.07) is 13.0. The summed E-state index contributed by atoms with van der Waals surface area (Å²) in [6.45, 7) is 0.654. The number of hydrogen-bond acceptors (Lipinski definition) is 2. The Morgan fingerprint density at radius 3 is 2.50 bits per heavy atom.